The van der Waals surface area contributed by atoms with E-state index in [9.17, 15) is 9.59 Å². The molecule has 1 fully saturated rings. The molecule has 0 saturated carbocycles. The molecular weight excluding hydrogens is 256 g/mol. The standard InChI is InChI=1S/C15H20N2O3/c1-20-13-8-4-3-7-12(13)15(19)16-10-11-6-2-5-9-14(18)17-11/h3-4,7-8,11H,2,5-6,9-10H2,1H3,(H,16,19)(H,17,18). The van der Waals surface area contributed by atoms with Gasteiger partial charge in [-0.15, -0.1) is 0 Å². The molecule has 5 heteroatoms. The lowest BCUT2D eigenvalue weighted by atomic mass is 10.1. The number of ether oxygens (including phenoxy) is 1. The minimum Gasteiger partial charge on any atom is -0.496 e. The quantitative estimate of drug-likeness (QED) is 0.875. The number of para-hydroxylation sites is 1. The van der Waals surface area contributed by atoms with Crippen molar-refractivity contribution in [3.63, 3.8) is 0 Å². The Balaban J connectivity index is 1.92. The number of hydrogen-bond donors (Lipinski definition) is 2. The summed E-state index contributed by atoms with van der Waals surface area (Å²) in [6.07, 6.45) is 3.41. The van der Waals surface area contributed by atoms with Crippen LogP contribution in [0.3, 0.4) is 0 Å². The molecule has 2 N–H and O–H groups in total. The van der Waals surface area contributed by atoms with Gasteiger partial charge in [0.1, 0.15) is 5.75 Å². The highest BCUT2D eigenvalue weighted by atomic mass is 16.5. The molecule has 1 aromatic carbocycles. The van der Waals surface area contributed by atoms with Gasteiger partial charge < -0.3 is 15.4 Å². The first-order valence-electron chi connectivity index (χ1n) is 6.91. The molecule has 0 aliphatic carbocycles. The zero-order valence-corrected chi connectivity index (χ0v) is 11.6. The van der Waals surface area contributed by atoms with Crippen molar-refractivity contribution in [2.75, 3.05) is 13.7 Å². The first-order valence-corrected chi connectivity index (χ1v) is 6.91. The third-order valence-electron chi connectivity index (χ3n) is 3.43. The van der Waals surface area contributed by atoms with E-state index in [4.69, 9.17) is 4.74 Å². The highest BCUT2D eigenvalue weighted by Crippen LogP contribution is 2.17. The van der Waals surface area contributed by atoms with E-state index >= 15 is 0 Å². The van der Waals surface area contributed by atoms with E-state index in [-0.39, 0.29) is 17.9 Å². The largest absolute Gasteiger partial charge is 0.496 e. The van der Waals surface area contributed by atoms with Gasteiger partial charge in [0.2, 0.25) is 5.91 Å². The van der Waals surface area contributed by atoms with Crippen molar-refractivity contribution in [3.8, 4) is 5.75 Å². The SMILES string of the molecule is COc1ccccc1C(=O)NCC1CCCCC(=O)N1. The normalized spacial score (nSPS) is 18.9. The van der Waals surface area contributed by atoms with Crippen LogP contribution in [-0.2, 0) is 4.79 Å². The van der Waals surface area contributed by atoms with E-state index in [2.05, 4.69) is 10.6 Å². The van der Waals surface area contributed by atoms with Crippen LogP contribution in [-0.4, -0.2) is 31.5 Å². The van der Waals surface area contributed by atoms with Crippen molar-refractivity contribution in [2.45, 2.75) is 31.7 Å². The number of carbonyl (C=O) groups is 2. The van der Waals surface area contributed by atoms with Gasteiger partial charge in [0.25, 0.3) is 5.91 Å². The molecule has 1 saturated heterocycles. The average molecular weight is 276 g/mol. The smallest absolute Gasteiger partial charge is 0.255 e. The Morgan fingerprint density at radius 2 is 2.20 bits per heavy atom. The van der Waals surface area contributed by atoms with E-state index < -0.39 is 0 Å². The van der Waals surface area contributed by atoms with E-state index in [0.717, 1.165) is 19.3 Å². The molecule has 2 amide bonds. The van der Waals surface area contributed by atoms with Gasteiger partial charge in [-0.2, -0.15) is 0 Å². The average Bonchev–Trinajstić information content (AvgIpc) is 2.69. The number of benzene rings is 1. The molecular formula is C15H20N2O3. The number of amides is 2. The highest BCUT2D eigenvalue weighted by molar-refractivity contribution is 5.96. The lowest BCUT2D eigenvalue weighted by molar-refractivity contribution is -0.121. The maximum absolute atomic E-state index is 12.1. The van der Waals surface area contributed by atoms with Crippen LogP contribution < -0.4 is 15.4 Å². The molecule has 0 aromatic heterocycles. The molecule has 108 valence electrons. The van der Waals surface area contributed by atoms with Crippen molar-refractivity contribution in [1.82, 2.24) is 10.6 Å². The van der Waals surface area contributed by atoms with E-state index in [1.165, 1.54) is 7.11 Å². The Bertz CT molecular complexity index is 488. The lowest BCUT2D eigenvalue weighted by Crippen LogP contribution is -2.42. The van der Waals surface area contributed by atoms with Gasteiger partial charge in [0.15, 0.2) is 0 Å². The number of hydrogen-bond acceptors (Lipinski definition) is 3. The molecule has 1 aromatic rings. The summed E-state index contributed by atoms with van der Waals surface area (Å²) in [5, 5.41) is 5.79. The minimum atomic E-state index is -0.180. The predicted molar refractivity (Wildman–Crippen MR) is 75.7 cm³/mol. The Kier molecular flexibility index (Phi) is 4.98. The van der Waals surface area contributed by atoms with Gasteiger partial charge in [-0.1, -0.05) is 18.6 Å². The second-order valence-electron chi connectivity index (χ2n) is 4.92. The molecule has 1 aliphatic rings. The van der Waals surface area contributed by atoms with Gasteiger partial charge >= 0.3 is 0 Å². The summed E-state index contributed by atoms with van der Waals surface area (Å²) in [4.78, 5) is 23.6. The topological polar surface area (TPSA) is 67.4 Å². The molecule has 1 heterocycles. The Labute approximate surface area is 118 Å². The van der Waals surface area contributed by atoms with Gasteiger partial charge in [-0.25, -0.2) is 0 Å². The summed E-state index contributed by atoms with van der Waals surface area (Å²) < 4.78 is 5.16. The van der Waals surface area contributed by atoms with Crippen molar-refractivity contribution in [2.24, 2.45) is 0 Å². The second-order valence-corrected chi connectivity index (χ2v) is 4.92. The first kappa shape index (κ1) is 14.4. The summed E-state index contributed by atoms with van der Waals surface area (Å²) in [6, 6.07) is 7.11. The fourth-order valence-corrected chi connectivity index (χ4v) is 2.34. The molecule has 1 unspecified atom stereocenters. The summed E-state index contributed by atoms with van der Waals surface area (Å²) in [6.45, 7) is 0.447. The molecule has 0 bridgehead atoms. The lowest BCUT2D eigenvalue weighted by Gasteiger charge is -2.17. The van der Waals surface area contributed by atoms with Gasteiger partial charge in [0.05, 0.1) is 12.7 Å². The maximum atomic E-state index is 12.1. The number of carbonyl (C=O) groups excluding carboxylic acids is 2. The second kappa shape index (κ2) is 6.93. The van der Waals surface area contributed by atoms with Crippen molar-refractivity contribution in [1.29, 1.82) is 0 Å². The molecule has 2 rings (SSSR count). The van der Waals surface area contributed by atoms with Crippen LogP contribution >= 0.6 is 0 Å². The zero-order valence-electron chi connectivity index (χ0n) is 11.6. The third-order valence-corrected chi connectivity index (χ3v) is 3.43. The third kappa shape index (κ3) is 3.73. The number of rotatable bonds is 4. The molecule has 1 atom stereocenters. The van der Waals surface area contributed by atoms with Gasteiger partial charge in [-0.3, -0.25) is 9.59 Å². The predicted octanol–water partition coefficient (Wildman–Crippen LogP) is 1.48. The summed E-state index contributed by atoms with van der Waals surface area (Å²) >= 11 is 0. The molecule has 0 radical (unpaired) electrons. The molecule has 5 nitrogen and oxygen atoms in total. The molecule has 0 spiro atoms. The summed E-state index contributed by atoms with van der Waals surface area (Å²) in [5.41, 5.74) is 0.509. The van der Waals surface area contributed by atoms with E-state index in [0.29, 0.717) is 24.3 Å². The van der Waals surface area contributed by atoms with Crippen molar-refractivity contribution < 1.29 is 14.3 Å². The van der Waals surface area contributed by atoms with Crippen molar-refractivity contribution in [3.05, 3.63) is 29.8 Å². The monoisotopic (exact) mass is 276 g/mol. The van der Waals surface area contributed by atoms with Crippen LogP contribution in [0, 0.1) is 0 Å². The van der Waals surface area contributed by atoms with Crippen LogP contribution in [0.15, 0.2) is 24.3 Å². The fourth-order valence-electron chi connectivity index (χ4n) is 2.34. The summed E-state index contributed by atoms with van der Waals surface area (Å²) in [5.74, 6) is 0.440. The maximum Gasteiger partial charge on any atom is 0.255 e. The number of nitrogens with one attached hydrogen (secondary N) is 2. The van der Waals surface area contributed by atoms with Crippen LogP contribution in [0.5, 0.6) is 5.75 Å². The summed E-state index contributed by atoms with van der Waals surface area (Å²) in [7, 11) is 1.54. The molecule has 1 aliphatic heterocycles. The highest BCUT2D eigenvalue weighted by Gasteiger charge is 2.18. The van der Waals surface area contributed by atoms with Crippen LogP contribution in [0.2, 0.25) is 0 Å². The van der Waals surface area contributed by atoms with Crippen LogP contribution in [0.4, 0.5) is 0 Å². The minimum absolute atomic E-state index is 0.0173. The Morgan fingerprint density at radius 1 is 1.40 bits per heavy atom. The number of methoxy groups -OCH3 is 1. The van der Waals surface area contributed by atoms with Crippen LogP contribution in [0.1, 0.15) is 36.0 Å². The Hall–Kier alpha value is -2.04. The fraction of sp³-hybridized carbons (Fsp3) is 0.467. The van der Waals surface area contributed by atoms with Gasteiger partial charge in [-0.05, 0) is 25.0 Å². The van der Waals surface area contributed by atoms with Gasteiger partial charge in [0, 0.05) is 19.0 Å². The molecule has 20 heavy (non-hydrogen) atoms. The first-order chi connectivity index (χ1) is 9.70. The van der Waals surface area contributed by atoms with E-state index in [1.807, 2.05) is 6.07 Å². The van der Waals surface area contributed by atoms with Crippen molar-refractivity contribution >= 4 is 11.8 Å². The van der Waals surface area contributed by atoms with E-state index in [1.54, 1.807) is 18.2 Å². The zero-order chi connectivity index (χ0) is 14.4. The van der Waals surface area contributed by atoms with Crippen LogP contribution in [0.25, 0.3) is 0 Å². The Morgan fingerprint density at radius 3 is 3.00 bits per heavy atom.